The molecule has 1 rings (SSSR count). The van der Waals surface area contributed by atoms with E-state index in [9.17, 15) is 15.0 Å². The quantitative estimate of drug-likeness (QED) is 0.457. The molecule has 0 bridgehead atoms. The van der Waals surface area contributed by atoms with E-state index in [1.807, 2.05) is 13.8 Å². The van der Waals surface area contributed by atoms with E-state index in [1.165, 1.54) is 11.9 Å². The van der Waals surface area contributed by atoms with E-state index in [0.717, 1.165) is 0 Å². The van der Waals surface area contributed by atoms with Crippen LogP contribution >= 0.6 is 0 Å². The maximum absolute atomic E-state index is 12.0. The highest BCUT2D eigenvalue weighted by molar-refractivity contribution is 5.81. The minimum atomic E-state index is -1.17. The van der Waals surface area contributed by atoms with Gasteiger partial charge in [0.15, 0.2) is 6.23 Å². The topological polar surface area (TPSA) is 122 Å². The van der Waals surface area contributed by atoms with Crippen molar-refractivity contribution in [1.29, 1.82) is 0 Å². The lowest BCUT2D eigenvalue weighted by Gasteiger charge is -2.29. The number of aliphatic hydroxyl groups is 2. The smallest absolute Gasteiger partial charge is 0.241 e. The van der Waals surface area contributed by atoms with Crippen LogP contribution < -0.4 is 11.5 Å². The Morgan fingerprint density at radius 1 is 1.39 bits per heavy atom. The number of hydrogen-bond acceptors (Lipinski definition) is 6. The van der Waals surface area contributed by atoms with Crippen LogP contribution in [0.4, 0.5) is 0 Å². The molecular formula is C11H23N3O4. The minimum absolute atomic E-state index is 0.0197. The summed E-state index contributed by atoms with van der Waals surface area (Å²) in [4.78, 5) is 13.2. The molecule has 5 atom stereocenters. The van der Waals surface area contributed by atoms with Crippen molar-refractivity contribution in [3.8, 4) is 0 Å². The number of likely N-dealkylation sites (N-methyl/N-ethyl adjacent to an activating group) is 1. The Kier molecular flexibility index (Phi) is 5.06. The number of hydrogen-bond donors (Lipinski definition) is 4. The third-order valence-corrected chi connectivity index (χ3v) is 3.30. The Morgan fingerprint density at radius 3 is 2.33 bits per heavy atom. The molecule has 0 aromatic rings. The Hall–Kier alpha value is -0.730. The van der Waals surface area contributed by atoms with Crippen molar-refractivity contribution in [2.24, 2.45) is 17.4 Å². The van der Waals surface area contributed by atoms with Crippen molar-refractivity contribution < 1.29 is 19.7 Å². The summed E-state index contributed by atoms with van der Waals surface area (Å²) in [6.07, 6.45) is -3.85. The first-order valence-corrected chi connectivity index (χ1v) is 6.05. The van der Waals surface area contributed by atoms with Crippen LogP contribution in [0.15, 0.2) is 0 Å². The number of nitrogens with zero attached hydrogens (tertiary/aromatic N) is 1. The molecule has 18 heavy (non-hydrogen) atoms. The van der Waals surface area contributed by atoms with Gasteiger partial charge in [-0.1, -0.05) is 13.8 Å². The third-order valence-electron chi connectivity index (χ3n) is 3.30. The highest BCUT2D eigenvalue weighted by atomic mass is 16.6. The van der Waals surface area contributed by atoms with Gasteiger partial charge in [-0.25, -0.2) is 0 Å². The van der Waals surface area contributed by atoms with Gasteiger partial charge in [-0.15, -0.1) is 0 Å². The molecule has 0 saturated carbocycles. The molecule has 0 spiro atoms. The second-order valence-electron chi connectivity index (χ2n) is 5.00. The van der Waals surface area contributed by atoms with Crippen molar-refractivity contribution in [1.82, 2.24) is 4.90 Å². The van der Waals surface area contributed by atoms with Crippen LogP contribution in [0.3, 0.4) is 0 Å². The largest absolute Gasteiger partial charge is 0.387 e. The van der Waals surface area contributed by atoms with E-state index < -0.39 is 30.6 Å². The van der Waals surface area contributed by atoms with Gasteiger partial charge in [-0.2, -0.15) is 0 Å². The highest BCUT2D eigenvalue weighted by Crippen LogP contribution is 2.23. The lowest BCUT2D eigenvalue weighted by atomic mass is 10.0. The fourth-order valence-electron chi connectivity index (χ4n) is 1.89. The molecule has 6 N–H and O–H groups in total. The summed E-state index contributed by atoms with van der Waals surface area (Å²) in [6, 6.07) is -0.667. The number of ether oxygens (including phenoxy) is 1. The first kappa shape index (κ1) is 15.3. The lowest BCUT2D eigenvalue weighted by molar-refractivity contribution is -0.150. The van der Waals surface area contributed by atoms with E-state index in [1.54, 1.807) is 0 Å². The molecule has 1 aliphatic rings. The zero-order valence-corrected chi connectivity index (χ0v) is 11.0. The molecule has 1 fully saturated rings. The summed E-state index contributed by atoms with van der Waals surface area (Å²) in [6.45, 7) is 3.74. The predicted molar refractivity (Wildman–Crippen MR) is 65.3 cm³/mol. The van der Waals surface area contributed by atoms with Gasteiger partial charge in [-0.05, 0) is 5.92 Å². The second-order valence-corrected chi connectivity index (χ2v) is 5.00. The Labute approximate surface area is 107 Å². The number of rotatable bonds is 4. The molecule has 0 aromatic heterocycles. The van der Waals surface area contributed by atoms with Crippen LogP contribution in [0.2, 0.25) is 0 Å². The molecule has 0 unspecified atom stereocenters. The van der Waals surface area contributed by atoms with Crippen LogP contribution in [0, 0.1) is 5.92 Å². The normalized spacial score (nSPS) is 33.8. The van der Waals surface area contributed by atoms with Gasteiger partial charge in [-0.3, -0.25) is 4.79 Å². The molecule has 0 aliphatic carbocycles. The SMILES string of the molecule is CC(C)[C@H](N)C(=O)N(C)[C@@H]1O[C@H](CN)[C@@H](O)[C@H]1O. The van der Waals surface area contributed by atoms with Gasteiger partial charge in [0.25, 0.3) is 0 Å². The summed E-state index contributed by atoms with van der Waals surface area (Å²) in [5.41, 5.74) is 11.2. The highest BCUT2D eigenvalue weighted by Gasteiger charge is 2.45. The molecule has 1 amide bonds. The molecule has 1 aliphatic heterocycles. The number of aliphatic hydroxyl groups excluding tert-OH is 2. The first-order valence-electron chi connectivity index (χ1n) is 6.05. The van der Waals surface area contributed by atoms with E-state index in [-0.39, 0.29) is 18.4 Å². The lowest BCUT2D eigenvalue weighted by Crippen LogP contribution is -2.52. The summed E-state index contributed by atoms with van der Waals surface area (Å²) >= 11 is 0. The molecule has 7 heteroatoms. The predicted octanol–water partition coefficient (Wildman–Crippen LogP) is -2.17. The van der Waals surface area contributed by atoms with Crippen LogP contribution in [0.5, 0.6) is 0 Å². The summed E-state index contributed by atoms with van der Waals surface area (Å²) in [5, 5.41) is 19.5. The average Bonchev–Trinajstić information content (AvgIpc) is 2.63. The van der Waals surface area contributed by atoms with Gasteiger partial charge in [0.1, 0.15) is 18.3 Å². The van der Waals surface area contributed by atoms with Crippen LogP contribution in [0.25, 0.3) is 0 Å². The monoisotopic (exact) mass is 261 g/mol. The molecule has 7 nitrogen and oxygen atoms in total. The zero-order valence-electron chi connectivity index (χ0n) is 11.0. The summed E-state index contributed by atoms with van der Waals surface area (Å²) in [5.74, 6) is -0.354. The summed E-state index contributed by atoms with van der Waals surface area (Å²) in [7, 11) is 1.49. The maximum atomic E-state index is 12.0. The fraction of sp³-hybridized carbons (Fsp3) is 0.909. The van der Waals surface area contributed by atoms with Crippen LogP contribution in [-0.4, -0.2) is 65.2 Å². The van der Waals surface area contributed by atoms with E-state index in [4.69, 9.17) is 16.2 Å². The molecule has 0 radical (unpaired) electrons. The standard InChI is InChI=1S/C11H23N3O4/c1-5(2)7(13)10(17)14(3)11-9(16)8(15)6(4-12)18-11/h5-9,11,15-16H,4,12-13H2,1-3H3/t6-,7+,8-,9-,11-/m1/s1. The second kappa shape index (κ2) is 5.94. The van der Waals surface area contributed by atoms with Gasteiger partial charge in [0.05, 0.1) is 6.04 Å². The van der Waals surface area contributed by atoms with Crippen LogP contribution in [0.1, 0.15) is 13.8 Å². The fourth-order valence-corrected chi connectivity index (χ4v) is 1.89. The zero-order chi connectivity index (χ0) is 14.0. The van der Waals surface area contributed by atoms with E-state index >= 15 is 0 Å². The van der Waals surface area contributed by atoms with Gasteiger partial charge < -0.3 is 31.3 Å². The Bertz CT molecular complexity index is 300. The summed E-state index contributed by atoms with van der Waals surface area (Å²) < 4.78 is 5.37. The van der Waals surface area contributed by atoms with Gasteiger partial charge in [0.2, 0.25) is 5.91 Å². The van der Waals surface area contributed by atoms with Crippen molar-refractivity contribution in [3.05, 3.63) is 0 Å². The Balaban J connectivity index is 2.73. The van der Waals surface area contributed by atoms with Gasteiger partial charge >= 0.3 is 0 Å². The van der Waals surface area contributed by atoms with Crippen molar-refractivity contribution in [2.45, 2.75) is 44.4 Å². The van der Waals surface area contributed by atoms with Crippen LogP contribution in [-0.2, 0) is 9.53 Å². The molecule has 1 heterocycles. The Morgan fingerprint density at radius 2 is 1.94 bits per heavy atom. The maximum Gasteiger partial charge on any atom is 0.241 e. The number of carbonyl (C=O) groups excluding carboxylic acids is 1. The number of nitrogens with two attached hydrogens (primary N) is 2. The van der Waals surface area contributed by atoms with Crippen molar-refractivity contribution in [2.75, 3.05) is 13.6 Å². The molecular weight excluding hydrogens is 238 g/mol. The van der Waals surface area contributed by atoms with Crippen molar-refractivity contribution in [3.63, 3.8) is 0 Å². The molecule has 106 valence electrons. The first-order chi connectivity index (χ1) is 8.31. The number of amides is 1. The average molecular weight is 261 g/mol. The van der Waals surface area contributed by atoms with Gasteiger partial charge in [0, 0.05) is 13.6 Å². The molecule has 1 saturated heterocycles. The number of carbonyl (C=O) groups is 1. The minimum Gasteiger partial charge on any atom is -0.387 e. The third kappa shape index (κ3) is 2.81. The van der Waals surface area contributed by atoms with E-state index in [0.29, 0.717) is 0 Å². The van der Waals surface area contributed by atoms with Crippen molar-refractivity contribution >= 4 is 5.91 Å². The van der Waals surface area contributed by atoms with E-state index in [2.05, 4.69) is 0 Å². The molecule has 0 aromatic carbocycles.